The zero-order valence-corrected chi connectivity index (χ0v) is 18.0. The van der Waals surface area contributed by atoms with Crippen LogP contribution in [0.5, 0.6) is 0 Å². The summed E-state index contributed by atoms with van der Waals surface area (Å²) in [5.74, 6) is 4.10. The standard InChI is InChI=1S/C23H38N2O2/c1-15(24-26-4)19-8-9-20-18-7-6-16-14-17(25-27-5)10-12-22(16,2)21(18)11-13-23(19,20)3/h16,18-21H,6-14H2,1-5H3/b24-15-,25-17-/t16-,18+,19-,20+,21+,22+,23-/m1/s1. The second kappa shape index (κ2) is 7.08. The maximum absolute atomic E-state index is 5.13. The fourth-order valence-electron chi connectivity index (χ4n) is 8.17. The first-order valence-corrected chi connectivity index (χ1v) is 11.1. The predicted molar refractivity (Wildman–Crippen MR) is 110 cm³/mol. The summed E-state index contributed by atoms with van der Waals surface area (Å²) in [6, 6.07) is 0. The molecule has 0 heterocycles. The summed E-state index contributed by atoms with van der Waals surface area (Å²) in [5, 5.41) is 8.66. The van der Waals surface area contributed by atoms with Gasteiger partial charge in [0.1, 0.15) is 14.2 Å². The van der Waals surface area contributed by atoms with Crippen LogP contribution in [0, 0.1) is 40.4 Å². The second-order valence-electron chi connectivity index (χ2n) is 10.3. The average molecular weight is 375 g/mol. The van der Waals surface area contributed by atoms with Gasteiger partial charge in [0.25, 0.3) is 0 Å². The number of hydrogen-bond acceptors (Lipinski definition) is 4. The van der Waals surface area contributed by atoms with Crippen LogP contribution in [0.2, 0.25) is 0 Å². The lowest BCUT2D eigenvalue weighted by molar-refractivity contribution is -0.0963. The molecule has 4 saturated carbocycles. The van der Waals surface area contributed by atoms with Crippen LogP contribution in [0.1, 0.15) is 78.6 Å². The molecular formula is C23H38N2O2. The smallest absolute Gasteiger partial charge is 0.106 e. The van der Waals surface area contributed by atoms with Crippen LogP contribution in [-0.4, -0.2) is 25.6 Å². The molecule has 152 valence electrons. The van der Waals surface area contributed by atoms with E-state index in [-0.39, 0.29) is 0 Å². The van der Waals surface area contributed by atoms with Crippen molar-refractivity contribution >= 4 is 11.4 Å². The molecule has 4 rings (SSSR count). The molecule has 0 aromatic rings. The van der Waals surface area contributed by atoms with Gasteiger partial charge in [-0.1, -0.05) is 24.2 Å². The highest BCUT2D eigenvalue weighted by molar-refractivity contribution is 5.85. The van der Waals surface area contributed by atoms with Gasteiger partial charge >= 0.3 is 0 Å². The summed E-state index contributed by atoms with van der Waals surface area (Å²) < 4.78 is 0. The van der Waals surface area contributed by atoms with Crippen molar-refractivity contribution < 1.29 is 9.68 Å². The third kappa shape index (κ3) is 2.93. The Morgan fingerprint density at radius 2 is 1.70 bits per heavy atom. The first-order valence-electron chi connectivity index (χ1n) is 11.1. The highest BCUT2D eigenvalue weighted by Gasteiger charge is 2.60. The Kier molecular flexibility index (Phi) is 5.05. The van der Waals surface area contributed by atoms with Crippen molar-refractivity contribution in [2.45, 2.75) is 78.6 Å². The van der Waals surface area contributed by atoms with Gasteiger partial charge in [0, 0.05) is 5.92 Å². The van der Waals surface area contributed by atoms with Gasteiger partial charge in [0.2, 0.25) is 0 Å². The molecule has 4 aliphatic rings. The van der Waals surface area contributed by atoms with E-state index in [1.807, 2.05) is 0 Å². The topological polar surface area (TPSA) is 43.2 Å². The molecule has 0 aromatic carbocycles. The first-order chi connectivity index (χ1) is 12.9. The molecule has 0 spiro atoms. The summed E-state index contributed by atoms with van der Waals surface area (Å²) in [6.45, 7) is 7.37. The Morgan fingerprint density at radius 3 is 2.44 bits per heavy atom. The minimum Gasteiger partial charge on any atom is -0.399 e. The van der Waals surface area contributed by atoms with E-state index < -0.39 is 0 Å². The summed E-state index contributed by atoms with van der Waals surface area (Å²) in [4.78, 5) is 10.2. The quantitative estimate of drug-likeness (QED) is 0.472. The van der Waals surface area contributed by atoms with Crippen molar-refractivity contribution in [3.63, 3.8) is 0 Å². The lowest BCUT2D eigenvalue weighted by Gasteiger charge is -2.60. The Balaban J connectivity index is 1.56. The normalized spacial score (nSPS) is 48.6. The number of oxime groups is 2. The van der Waals surface area contributed by atoms with Gasteiger partial charge in [-0.3, -0.25) is 0 Å². The van der Waals surface area contributed by atoms with Crippen LogP contribution >= 0.6 is 0 Å². The minimum absolute atomic E-state index is 0.424. The monoisotopic (exact) mass is 374 g/mol. The van der Waals surface area contributed by atoms with Gasteiger partial charge in [-0.15, -0.1) is 0 Å². The van der Waals surface area contributed by atoms with Crippen molar-refractivity contribution in [3.05, 3.63) is 0 Å². The van der Waals surface area contributed by atoms with E-state index in [2.05, 4.69) is 31.1 Å². The van der Waals surface area contributed by atoms with Gasteiger partial charge in [-0.2, -0.15) is 0 Å². The molecule has 0 N–H and O–H groups in total. The molecule has 4 nitrogen and oxygen atoms in total. The number of fused-ring (bicyclic) bond motifs is 5. The van der Waals surface area contributed by atoms with E-state index in [0.717, 1.165) is 36.5 Å². The molecule has 0 saturated heterocycles. The fourth-order valence-corrected chi connectivity index (χ4v) is 8.17. The molecule has 7 atom stereocenters. The summed E-state index contributed by atoms with van der Waals surface area (Å²) in [7, 11) is 3.37. The van der Waals surface area contributed by atoms with E-state index in [9.17, 15) is 0 Å². The van der Waals surface area contributed by atoms with Crippen molar-refractivity contribution in [3.8, 4) is 0 Å². The van der Waals surface area contributed by atoms with E-state index in [1.54, 1.807) is 14.2 Å². The van der Waals surface area contributed by atoms with Crippen LogP contribution in [0.3, 0.4) is 0 Å². The molecule has 4 aliphatic carbocycles. The third-order valence-corrected chi connectivity index (χ3v) is 9.46. The SMILES string of the molecule is CO/N=C1/CC[C@@]2(C)[C@H](CC[C@@H]3[C@@H]2CC[C@]2(C)[C@@H](/C(C)=N\OC)CC[C@@H]32)C1. The Bertz CT molecular complexity index is 630. The molecule has 4 heteroatoms. The molecule has 0 aromatic heterocycles. The molecule has 0 aliphatic heterocycles. The first kappa shape index (κ1) is 19.3. The minimum atomic E-state index is 0.424. The maximum atomic E-state index is 5.13. The van der Waals surface area contributed by atoms with Gasteiger partial charge in [-0.25, -0.2) is 0 Å². The Morgan fingerprint density at radius 1 is 0.926 bits per heavy atom. The molecule has 0 amide bonds. The van der Waals surface area contributed by atoms with E-state index in [1.165, 1.54) is 56.4 Å². The van der Waals surface area contributed by atoms with Crippen molar-refractivity contribution in [2.75, 3.05) is 14.2 Å². The third-order valence-electron chi connectivity index (χ3n) is 9.46. The molecule has 0 unspecified atom stereocenters. The van der Waals surface area contributed by atoms with E-state index in [0.29, 0.717) is 16.7 Å². The van der Waals surface area contributed by atoms with Crippen molar-refractivity contribution in [1.29, 1.82) is 0 Å². The zero-order chi connectivity index (χ0) is 19.2. The predicted octanol–water partition coefficient (Wildman–Crippen LogP) is 5.67. The lowest BCUT2D eigenvalue weighted by atomic mass is 9.44. The van der Waals surface area contributed by atoms with Crippen LogP contribution in [0.4, 0.5) is 0 Å². The van der Waals surface area contributed by atoms with Gasteiger partial charge in [0.15, 0.2) is 0 Å². The fraction of sp³-hybridized carbons (Fsp3) is 0.913. The van der Waals surface area contributed by atoms with E-state index in [4.69, 9.17) is 9.68 Å². The highest BCUT2D eigenvalue weighted by Crippen LogP contribution is 2.67. The summed E-state index contributed by atoms with van der Waals surface area (Å²) in [6.07, 6.45) is 11.8. The molecule has 0 radical (unpaired) electrons. The highest BCUT2D eigenvalue weighted by atomic mass is 16.6. The number of nitrogens with zero attached hydrogens (tertiary/aromatic N) is 2. The number of hydrogen-bond donors (Lipinski definition) is 0. The average Bonchev–Trinajstić information content (AvgIpc) is 3.00. The largest absolute Gasteiger partial charge is 0.399 e. The van der Waals surface area contributed by atoms with Gasteiger partial charge in [-0.05, 0) is 99.2 Å². The Hall–Kier alpha value is -1.06. The zero-order valence-electron chi connectivity index (χ0n) is 18.0. The molecular weight excluding hydrogens is 336 g/mol. The lowest BCUT2D eigenvalue weighted by Crippen LogP contribution is -2.53. The van der Waals surface area contributed by atoms with Crippen LogP contribution in [0.25, 0.3) is 0 Å². The van der Waals surface area contributed by atoms with Crippen LogP contribution in [-0.2, 0) is 9.68 Å². The van der Waals surface area contributed by atoms with Crippen LogP contribution in [0.15, 0.2) is 10.3 Å². The van der Waals surface area contributed by atoms with E-state index >= 15 is 0 Å². The van der Waals surface area contributed by atoms with Crippen molar-refractivity contribution in [1.82, 2.24) is 0 Å². The molecule has 4 fully saturated rings. The van der Waals surface area contributed by atoms with Gasteiger partial charge < -0.3 is 9.68 Å². The molecule has 0 bridgehead atoms. The summed E-state index contributed by atoms with van der Waals surface area (Å²) >= 11 is 0. The number of rotatable bonds is 3. The second-order valence-corrected chi connectivity index (χ2v) is 10.3. The van der Waals surface area contributed by atoms with Crippen LogP contribution < -0.4 is 0 Å². The van der Waals surface area contributed by atoms with Gasteiger partial charge in [0.05, 0.1) is 11.4 Å². The summed E-state index contributed by atoms with van der Waals surface area (Å²) in [5.41, 5.74) is 3.45. The van der Waals surface area contributed by atoms with Crippen molar-refractivity contribution in [2.24, 2.45) is 50.7 Å². The maximum Gasteiger partial charge on any atom is 0.106 e. The molecule has 27 heavy (non-hydrogen) atoms. The Labute approximate surface area is 165 Å².